The van der Waals surface area contributed by atoms with Crippen LogP contribution in [-0.4, -0.2) is 49.0 Å². The van der Waals surface area contributed by atoms with Crippen molar-refractivity contribution in [2.24, 2.45) is 0 Å². The molecule has 2 rings (SSSR count). The Bertz CT molecular complexity index is 413. The molecular formula is C13H17BN2O2. The molecule has 0 bridgehead atoms. The molecule has 1 aliphatic rings. The lowest BCUT2D eigenvalue weighted by molar-refractivity contribution is -0.138. The van der Waals surface area contributed by atoms with E-state index in [1.165, 1.54) is 0 Å². The van der Waals surface area contributed by atoms with E-state index in [-0.39, 0.29) is 18.5 Å². The second-order valence-corrected chi connectivity index (χ2v) is 4.79. The smallest absolute Gasteiger partial charge is 0.304 e. The zero-order valence-corrected chi connectivity index (χ0v) is 10.5. The van der Waals surface area contributed by atoms with Gasteiger partial charge in [-0.1, -0.05) is 18.2 Å². The fraction of sp³-hybridized carbons (Fsp3) is 0.462. The van der Waals surface area contributed by atoms with Crippen LogP contribution in [-0.2, 0) is 4.79 Å². The molecule has 0 saturated carbocycles. The summed E-state index contributed by atoms with van der Waals surface area (Å²) in [6.07, 6.45) is 0.0759. The third kappa shape index (κ3) is 2.85. The van der Waals surface area contributed by atoms with Gasteiger partial charge in [0.25, 0.3) is 0 Å². The SMILES string of the molecule is [B]N1CC(C)N(c2ccccc2)CC1CC(=O)O. The number of nitrogens with zero attached hydrogens (tertiary/aromatic N) is 2. The largest absolute Gasteiger partial charge is 0.481 e. The molecule has 0 spiro atoms. The van der Waals surface area contributed by atoms with Crippen molar-refractivity contribution < 1.29 is 9.90 Å². The second kappa shape index (κ2) is 5.44. The number of carbonyl (C=O) groups is 1. The Hall–Kier alpha value is -1.49. The van der Waals surface area contributed by atoms with Gasteiger partial charge in [0.2, 0.25) is 0 Å². The second-order valence-electron chi connectivity index (χ2n) is 4.79. The van der Waals surface area contributed by atoms with E-state index >= 15 is 0 Å². The van der Waals surface area contributed by atoms with E-state index in [2.05, 4.69) is 11.8 Å². The third-order valence-electron chi connectivity index (χ3n) is 3.38. The minimum Gasteiger partial charge on any atom is -0.481 e. The molecule has 1 heterocycles. The van der Waals surface area contributed by atoms with E-state index in [9.17, 15) is 4.79 Å². The normalized spacial score (nSPS) is 25.1. The summed E-state index contributed by atoms with van der Waals surface area (Å²) in [4.78, 5) is 14.7. The predicted molar refractivity (Wildman–Crippen MR) is 71.8 cm³/mol. The molecular weight excluding hydrogens is 227 g/mol. The van der Waals surface area contributed by atoms with Gasteiger partial charge in [0.05, 0.1) is 6.42 Å². The Morgan fingerprint density at radius 2 is 2.06 bits per heavy atom. The Morgan fingerprint density at radius 1 is 1.39 bits per heavy atom. The van der Waals surface area contributed by atoms with Crippen LogP contribution in [0.15, 0.2) is 30.3 Å². The molecule has 1 saturated heterocycles. The Balaban J connectivity index is 2.13. The van der Waals surface area contributed by atoms with E-state index in [0.717, 1.165) is 5.69 Å². The van der Waals surface area contributed by atoms with Crippen molar-refractivity contribution in [3.63, 3.8) is 0 Å². The highest BCUT2D eigenvalue weighted by molar-refractivity contribution is 6.05. The number of aliphatic carboxylic acids is 1. The molecule has 94 valence electrons. The molecule has 2 radical (unpaired) electrons. The van der Waals surface area contributed by atoms with Crippen molar-refractivity contribution in [1.82, 2.24) is 4.81 Å². The van der Waals surface area contributed by atoms with Crippen LogP contribution in [0.3, 0.4) is 0 Å². The van der Waals surface area contributed by atoms with Crippen LogP contribution in [0.4, 0.5) is 5.69 Å². The van der Waals surface area contributed by atoms with Crippen LogP contribution in [0.25, 0.3) is 0 Å². The average Bonchev–Trinajstić information content (AvgIpc) is 2.33. The van der Waals surface area contributed by atoms with E-state index < -0.39 is 5.97 Å². The molecule has 5 heteroatoms. The summed E-state index contributed by atoms with van der Waals surface area (Å²) in [5.74, 6) is -0.807. The molecule has 1 aliphatic heterocycles. The zero-order chi connectivity index (χ0) is 13.1. The zero-order valence-electron chi connectivity index (χ0n) is 10.5. The first-order valence-corrected chi connectivity index (χ1v) is 6.12. The molecule has 4 nitrogen and oxygen atoms in total. The van der Waals surface area contributed by atoms with Crippen molar-refractivity contribution in [2.75, 3.05) is 18.0 Å². The molecule has 0 amide bonds. The van der Waals surface area contributed by atoms with Gasteiger partial charge in [0, 0.05) is 30.9 Å². The lowest BCUT2D eigenvalue weighted by atomic mass is 10.00. The Labute approximate surface area is 109 Å². The summed E-state index contributed by atoms with van der Waals surface area (Å²) in [6.45, 7) is 3.42. The quantitative estimate of drug-likeness (QED) is 0.809. The summed E-state index contributed by atoms with van der Waals surface area (Å²) < 4.78 is 0. The molecule has 2 unspecified atom stereocenters. The first-order valence-electron chi connectivity index (χ1n) is 6.12. The lowest BCUT2D eigenvalue weighted by Crippen LogP contribution is -2.57. The summed E-state index contributed by atoms with van der Waals surface area (Å²) >= 11 is 0. The Kier molecular flexibility index (Phi) is 3.92. The summed E-state index contributed by atoms with van der Waals surface area (Å²) in [5, 5.41) is 8.91. The number of carboxylic acid groups (broad SMARTS) is 1. The van der Waals surface area contributed by atoms with Crippen LogP contribution in [0.1, 0.15) is 13.3 Å². The summed E-state index contributed by atoms with van der Waals surface area (Å²) in [7, 11) is 5.90. The molecule has 1 aromatic rings. The average molecular weight is 244 g/mol. The van der Waals surface area contributed by atoms with Crippen LogP contribution in [0.5, 0.6) is 0 Å². The standard InChI is InChI=1S/C13H17BN2O2/c1-10-8-16(14)12(7-13(17)18)9-15(10)11-5-3-2-4-6-11/h2-6,10,12H,7-9H2,1H3,(H,17,18). The minimum atomic E-state index is -0.807. The fourth-order valence-corrected chi connectivity index (χ4v) is 2.43. The molecule has 1 N–H and O–H groups in total. The highest BCUT2D eigenvalue weighted by Crippen LogP contribution is 2.23. The van der Waals surface area contributed by atoms with Gasteiger partial charge in [0.1, 0.15) is 0 Å². The molecule has 1 aromatic carbocycles. The maximum Gasteiger partial charge on any atom is 0.304 e. The first-order chi connectivity index (χ1) is 8.58. The number of para-hydroxylation sites is 1. The van der Waals surface area contributed by atoms with Gasteiger partial charge in [0.15, 0.2) is 7.98 Å². The summed E-state index contributed by atoms with van der Waals surface area (Å²) in [5.41, 5.74) is 1.12. The third-order valence-corrected chi connectivity index (χ3v) is 3.38. The maximum absolute atomic E-state index is 10.8. The Morgan fingerprint density at radius 3 is 2.67 bits per heavy atom. The van der Waals surface area contributed by atoms with E-state index in [1.54, 1.807) is 4.81 Å². The molecule has 1 fully saturated rings. The topological polar surface area (TPSA) is 43.8 Å². The maximum atomic E-state index is 10.8. The number of anilines is 1. The van der Waals surface area contributed by atoms with Crippen LogP contribution in [0.2, 0.25) is 0 Å². The van der Waals surface area contributed by atoms with Crippen LogP contribution >= 0.6 is 0 Å². The molecule has 0 aromatic heterocycles. The lowest BCUT2D eigenvalue weighted by Gasteiger charge is -2.45. The van der Waals surface area contributed by atoms with Crippen molar-refractivity contribution in [2.45, 2.75) is 25.4 Å². The van der Waals surface area contributed by atoms with Crippen molar-refractivity contribution in [3.05, 3.63) is 30.3 Å². The van der Waals surface area contributed by atoms with Gasteiger partial charge < -0.3 is 14.8 Å². The van der Waals surface area contributed by atoms with E-state index in [1.807, 2.05) is 30.3 Å². The molecule has 18 heavy (non-hydrogen) atoms. The van der Waals surface area contributed by atoms with Crippen LogP contribution in [0, 0.1) is 0 Å². The van der Waals surface area contributed by atoms with E-state index in [4.69, 9.17) is 13.1 Å². The minimum absolute atomic E-state index is 0.0759. The predicted octanol–water partition coefficient (Wildman–Crippen LogP) is 1.12. The number of hydrogen-bond donors (Lipinski definition) is 1. The highest BCUT2D eigenvalue weighted by atomic mass is 16.4. The van der Waals surface area contributed by atoms with Gasteiger partial charge in [-0.2, -0.15) is 0 Å². The number of carboxylic acids is 1. The fourth-order valence-electron chi connectivity index (χ4n) is 2.43. The van der Waals surface area contributed by atoms with Gasteiger partial charge in [-0.15, -0.1) is 0 Å². The molecule has 2 atom stereocenters. The summed E-state index contributed by atoms with van der Waals surface area (Å²) in [6, 6.07) is 10.2. The number of benzene rings is 1. The van der Waals surface area contributed by atoms with Gasteiger partial charge in [-0.3, -0.25) is 4.79 Å². The van der Waals surface area contributed by atoms with Crippen molar-refractivity contribution in [3.8, 4) is 0 Å². The number of hydrogen-bond acceptors (Lipinski definition) is 3. The highest BCUT2D eigenvalue weighted by Gasteiger charge is 2.30. The number of rotatable bonds is 3. The van der Waals surface area contributed by atoms with Gasteiger partial charge in [-0.25, -0.2) is 0 Å². The van der Waals surface area contributed by atoms with Crippen molar-refractivity contribution in [1.29, 1.82) is 0 Å². The first kappa shape index (κ1) is 13.0. The van der Waals surface area contributed by atoms with Crippen molar-refractivity contribution >= 4 is 19.6 Å². The number of piperazine rings is 1. The van der Waals surface area contributed by atoms with E-state index in [0.29, 0.717) is 13.1 Å². The van der Waals surface area contributed by atoms with Gasteiger partial charge >= 0.3 is 5.97 Å². The monoisotopic (exact) mass is 244 g/mol. The van der Waals surface area contributed by atoms with Gasteiger partial charge in [-0.05, 0) is 19.1 Å². The molecule has 0 aliphatic carbocycles. The van der Waals surface area contributed by atoms with Crippen LogP contribution < -0.4 is 4.90 Å².